The van der Waals surface area contributed by atoms with E-state index in [0.717, 1.165) is 11.3 Å². The van der Waals surface area contributed by atoms with Crippen LogP contribution in [0.4, 0.5) is 5.69 Å². The van der Waals surface area contributed by atoms with E-state index >= 15 is 0 Å². The van der Waals surface area contributed by atoms with Gasteiger partial charge in [0, 0.05) is 19.2 Å². The van der Waals surface area contributed by atoms with Gasteiger partial charge < -0.3 is 15.0 Å². The number of methoxy groups -OCH3 is 1. The lowest BCUT2D eigenvalue weighted by atomic mass is 9.97. The molecule has 0 saturated heterocycles. The van der Waals surface area contributed by atoms with Gasteiger partial charge in [-0.05, 0) is 35.7 Å². The highest BCUT2D eigenvalue weighted by Crippen LogP contribution is 2.19. The molecule has 25 heavy (non-hydrogen) atoms. The maximum atomic E-state index is 12.3. The molecular formula is C20H24N2O3. The molecule has 0 unspecified atom stereocenters. The van der Waals surface area contributed by atoms with Gasteiger partial charge in [-0.15, -0.1) is 0 Å². The second-order valence-corrected chi connectivity index (χ2v) is 6.04. The van der Waals surface area contributed by atoms with E-state index in [2.05, 4.69) is 5.32 Å². The number of ether oxygens (including phenoxy) is 1. The van der Waals surface area contributed by atoms with E-state index in [9.17, 15) is 9.59 Å². The molecule has 0 heterocycles. The maximum absolute atomic E-state index is 12.3. The molecular weight excluding hydrogens is 316 g/mol. The minimum absolute atomic E-state index is 0.0202. The van der Waals surface area contributed by atoms with Gasteiger partial charge in [0.25, 0.3) is 0 Å². The normalized spacial score (nSPS) is 11.5. The number of hydrogen-bond donors (Lipinski definition) is 1. The highest BCUT2D eigenvalue weighted by atomic mass is 16.5. The number of anilines is 1. The number of amides is 2. The van der Waals surface area contributed by atoms with Crippen LogP contribution in [0.25, 0.3) is 0 Å². The molecule has 2 rings (SSSR count). The second-order valence-electron chi connectivity index (χ2n) is 6.04. The summed E-state index contributed by atoms with van der Waals surface area (Å²) in [7, 11) is 3.23. The van der Waals surface area contributed by atoms with E-state index < -0.39 is 0 Å². The van der Waals surface area contributed by atoms with Crippen molar-refractivity contribution in [1.82, 2.24) is 4.90 Å². The molecule has 2 aromatic rings. The Morgan fingerprint density at radius 1 is 1.08 bits per heavy atom. The van der Waals surface area contributed by atoms with E-state index in [1.165, 1.54) is 4.90 Å². The number of likely N-dealkylation sites (N-methyl/N-ethyl adjacent to an activating group) is 1. The van der Waals surface area contributed by atoms with Crippen molar-refractivity contribution in [1.29, 1.82) is 0 Å². The molecule has 5 nitrogen and oxygen atoms in total. The molecule has 0 aromatic heterocycles. The Morgan fingerprint density at radius 2 is 1.72 bits per heavy atom. The molecule has 0 aliphatic heterocycles. The Hall–Kier alpha value is -2.82. The molecule has 0 spiro atoms. The lowest BCUT2D eigenvalue weighted by molar-refractivity contribution is -0.133. The summed E-state index contributed by atoms with van der Waals surface area (Å²) in [4.78, 5) is 25.9. The molecule has 2 aromatic carbocycles. The summed E-state index contributed by atoms with van der Waals surface area (Å²) in [5, 5.41) is 2.78. The van der Waals surface area contributed by atoms with Crippen molar-refractivity contribution < 1.29 is 14.3 Å². The molecule has 0 radical (unpaired) electrons. The van der Waals surface area contributed by atoms with Gasteiger partial charge in [-0.3, -0.25) is 9.59 Å². The minimum atomic E-state index is -0.228. The summed E-state index contributed by atoms with van der Waals surface area (Å²) in [6.45, 7) is 2.03. The predicted octanol–water partition coefficient (Wildman–Crippen LogP) is 3.29. The van der Waals surface area contributed by atoms with Crippen LogP contribution in [0, 0.1) is 0 Å². The van der Waals surface area contributed by atoms with E-state index in [-0.39, 0.29) is 24.3 Å². The molecule has 5 heteroatoms. The second kappa shape index (κ2) is 8.87. The first-order valence-corrected chi connectivity index (χ1v) is 8.22. The fraction of sp³-hybridized carbons (Fsp3) is 0.300. The first-order valence-electron chi connectivity index (χ1n) is 8.22. The highest BCUT2D eigenvalue weighted by Gasteiger charge is 2.17. The fourth-order valence-corrected chi connectivity index (χ4v) is 2.50. The third-order valence-electron chi connectivity index (χ3n) is 4.03. The summed E-state index contributed by atoms with van der Waals surface area (Å²) in [5.41, 5.74) is 1.79. The largest absolute Gasteiger partial charge is 0.497 e. The summed E-state index contributed by atoms with van der Waals surface area (Å²) in [6, 6.07) is 16.9. The van der Waals surface area contributed by atoms with E-state index in [4.69, 9.17) is 4.74 Å². The number of benzene rings is 2. The number of hydrogen-bond acceptors (Lipinski definition) is 3. The molecule has 0 saturated carbocycles. The number of nitrogens with zero attached hydrogens (tertiary/aromatic N) is 1. The quantitative estimate of drug-likeness (QED) is 0.841. The number of rotatable bonds is 7. The van der Waals surface area contributed by atoms with Gasteiger partial charge in [-0.1, -0.05) is 37.3 Å². The van der Waals surface area contributed by atoms with Crippen LogP contribution in [0.3, 0.4) is 0 Å². The summed E-state index contributed by atoms with van der Waals surface area (Å²) < 4.78 is 5.08. The Morgan fingerprint density at radius 3 is 2.32 bits per heavy atom. The SMILES string of the molecule is COc1ccc(NC(=O)CN(C)C(=O)C[C@H](C)c2ccccc2)cc1. The smallest absolute Gasteiger partial charge is 0.243 e. The summed E-state index contributed by atoms with van der Waals surface area (Å²) in [6.07, 6.45) is 0.371. The van der Waals surface area contributed by atoms with E-state index in [1.54, 1.807) is 38.4 Å². The summed E-state index contributed by atoms with van der Waals surface area (Å²) in [5.74, 6) is 0.551. The fourth-order valence-electron chi connectivity index (χ4n) is 2.50. The Balaban J connectivity index is 1.84. The van der Waals surface area contributed by atoms with E-state index in [0.29, 0.717) is 12.1 Å². The number of nitrogens with one attached hydrogen (secondary N) is 1. The average Bonchev–Trinajstić information content (AvgIpc) is 2.62. The van der Waals surface area contributed by atoms with Gasteiger partial charge in [-0.25, -0.2) is 0 Å². The van der Waals surface area contributed by atoms with Crippen LogP contribution in [0.5, 0.6) is 5.75 Å². The lowest BCUT2D eigenvalue weighted by Gasteiger charge is -2.19. The molecule has 1 atom stereocenters. The van der Waals surface area contributed by atoms with Gasteiger partial charge in [0.1, 0.15) is 5.75 Å². The summed E-state index contributed by atoms with van der Waals surface area (Å²) >= 11 is 0. The van der Waals surface area contributed by atoms with Crippen molar-refractivity contribution in [3.8, 4) is 5.75 Å². The average molecular weight is 340 g/mol. The number of carbonyl (C=O) groups is 2. The topological polar surface area (TPSA) is 58.6 Å². The predicted molar refractivity (Wildman–Crippen MR) is 98.7 cm³/mol. The Kier molecular flexibility index (Phi) is 6.57. The first kappa shape index (κ1) is 18.5. The zero-order chi connectivity index (χ0) is 18.2. The molecule has 132 valence electrons. The standard InChI is InChI=1S/C20H24N2O3/c1-15(16-7-5-4-6-8-16)13-20(24)22(2)14-19(23)21-17-9-11-18(25-3)12-10-17/h4-12,15H,13-14H2,1-3H3,(H,21,23)/t15-/m0/s1. The number of carbonyl (C=O) groups excluding carboxylic acids is 2. The molecule has 1 N–H and O–H groups in total. The van der Waals surface area contributed by atoms with Crippen molar-refractivity contribution in [2.24, 2.45) is 0 Å². The van der Waals surface area contributed by atoms with Crippen molar-refractivity contribution >= 4 is 17.5 Å². The molecule has 2 amide bonds. The molecule has 0 fully saturated rings. The van der Waals surface area contributed by atoms with Crippen molar-refractivity contribution in [2.45, 2.75) is 19.3 Å². The van der Waals surface area contributed by atoms with Gasteiger partial charge in [0.05, 0.1) is 13.7 Å². The Labute approximate surface area is 148 Å². The van der Waals surface area contributed by atoms with Crippen LogP contribution in [0.1, 0.15) is 24.8 Å². The monoisotopic (exact) mass is 340 g/mol. The Bertz CT molecular complexity index is 699. The zero-order valence-corrected chi connectivity index (χ0v) is 14.9. The van der Waals surface area contributed by atoms with Crippen LogP contribution in [-0.2, 0) is 9.59 Å². The van der Waals surface area contributed by atoms with Gasteiger partial charge in [0.2, 0.25) is 11.8 Å². The van der Waals surface area contributed by atoms with Crippen molar-refractivity contribution in [3.05, 3.63) is 60.2 Å². The first-order chi connectivity index (χ1) is 12.0. The maximum Gasteiger partial charge on any atom is 0.243 e. The van der Waals surface area contributed by atoms with Crippen LogP contribution >= 0.6 is 0 Å². The van der Waals surface area contributed by atoms with Crippen molar-refractivity contribution in [3.63, 3.8) is 0 Å². The zero-order valence-electron chi connectivity index (χ0n) is 14.9. The van der Waals surface area contributed by atoms with Crippen LogP contribution in [0.2, 0.25) is 0 Å². The van der Waals surface area contributed by atoms with E-state index in [1.807, 2.05) is 37.3 Å². The third-order valence-corrected chi connectivity index (χ3v) is 4.03. The third kappa shape index (κ3) is 5.64. The van der Waals surface area contributed by atoms with Crippen LogP contribution in [-0.4, -0.2) is 37.4 Å². The lowest BCUT2D eigenvalue weighted by Crippen LogP contribution is -2.35. The van der Waals surface area contributed by atoms with Gasteiger partial charge >= 0.3 is 0 Å². The molecule has 0 aliphatic carbocycles. The van der Waals surface area contributed by atoms with Crippen LogP contribution < -0.4 is 10.1 Å². The molecule has 0 bridgehead atoms. The van der Waals surface area contributed by atoms with Crippen molar-refractivity contribution in [2.75, 3.05) is 26.0 Å². The highest BCUT2D eigenvalue weighted by molar-refractivity contribution is 5.94. The minimum Gasteiger partial charge on any atom is -0.497 e. The van der Waals surface area contributed by atoms with Gasteiger partial charge in [0.15, 0.2) is 0 Å². The van der Waals surface area contributed by atoms with Gasteiger partial charge in [-0.2, -0.15) is 0 Å². The molecule has 0 aliphatic rings. The van der Waals surface area contributed by atoms with Crippen LogP contribution in [0.15, 0.2) is 54.6 Å².